The highest BCUT2D eigenvalue weighted by atomic mass is 35.7. The minimum atomic E-state index is -3.82. The van der Waals surface area contributed by atoms with Gasteiger partial charge in [0.05, 0.1) is 0 Å². The van der Waals surface area contributed by atoms with E-state index in [1.165, 1.54) is 12.3 Å². The molecule has 0 saturated carbocycles. The van der Waals surface area contributed by atoms with E-state index < -0.39 is 9.05 Å². The van der Waals surface area contributed by atoms with Gasteiger partial charge in [0, 0.05) is 36.0 Å². The highest BCUT2D eigenvalue weighted by molar-refractivity contribution is 8.13. The van der Waals surface area contributed by atoms with Gasteiger partial charge in [0.1, 0.15) is 10.6 Å². The van der Waals surface area contributed by atoms with Gasteiger partial charge >= 0.3 is 0 Å². The second-order valence-electron chi connectivity index (χ2n) is 5.34. The highest BCUT2D eigenvalue weighted by Gasteiger charge is 2.29. The van der Waals surface area contributed by atoms with Gasteiger partial charge in [-0.2, -0.15) is 0 Å². The fraction of sp³-hybridized carbons (Fsp3) is 0.643. The van der Waals surface area contributed by atoms with Crippen LogP contribution in [0.2, 0.25) is 0 Å². The average molecular weight is 333 g/mol. The van der Waals surface area contributed by atoms with E-state index in [2.05, 4.69) is 6.92 Å². The molecule has 0 aromatic carbocycles. The number of likely N-dealkylation sites (tertiary alicyclic amines) is 1. The molecule has 1 aliphatic rings. The van der Waals surface area contributed by atoms with Gasteiger partial charge in [-0.15, -0.1) is 0 Å². The molecule has 0 bridgehead atoms. The van der Waals surface area contributed by atoms with E-state index in [-0.39, 0.29) is 16.8 Å². The molecular weight excluding hydrogens is 312 g/mol. The fourth-order valence-electron chi connectivity index (χ4n) is 2.90. The number of rotatable bonds is 4. The van der Waals surface area contributed by atoms with Crippen molar-refractivity contribution in [1.82, 2.24) is 9.47 Å². The molecule has 2 heterocycles. The molecule has 1 fully saturated rings. The number of nitrogens with zero attached hydrogens (tertiary/aromatic N) is 2. The van der Waals surface area contributed by atoms with Crippen LogP contribution in [-0.2, 0) is 15.6 Å². The summed E-state index contributed by atoms with van der Waals surface area (Å²) in [6.45, 7) is 5.20. The Labute approximate surface area is 130 Å². The summed E-state index contributed by atoms with van der Waals surface area (Å²) >= 11 is 0. The average Bonchev–Trinajstić information content (AvgIpc) is 2.90. The normalized spacial score (nSPS) is 19.8. The number of aryl methyl sites for hydroxylation is 1. The monoisotopic (exact) mass is 332 g/mol. The van der Waals surface area contributed by atoms with Crippen molar-refractivity contribution in [1.29, 1.82) is 0 Å². The Kier molecular flexibility index (Phi) is 4.99. The molecule has 1 saturated heterocycles. The molecule has 0 N–H and O–H groups in total. The van der Waals surface area contributed by atoms with Crippen LogP contribution in [0.1, 0.15) is 50.0 Å². The van der Waals surface area contributed by atoms with E-state index in [1.54, 1.807) is 4.57 Å². The minimum absolute atomic E-state index is 0.0144. The molecule has 1 amide bonds. The quantitative estimate of drug-likeness (QED) is 0.796. The van der Waals surface area contributed by atoms with Gasteiger partial charge in [-0.1, -0.05) is 6.92 Å². The SMILES string of the molecule is CCC1CCCCN1C(=O)c1cc(S(=O)(=O)Cl)cn1CC. The van der Waals surface area contributed by atoms with Crippen molar-refractivity contribution in [3.05, 3.63) is 18.0 Å². The summed E-state index contributed by atoms with van der Waals surface area (Å²) < 4.78 is 24.6. The Balaban J connectivity index is 2.36. The summed E-state index contributed by atoms with van der Waals surface area (Å²) in [6, 6.07) is 1.62. The first-order valence-electron chi connectivity index (χ1n) is 7.34. The maximum absolute atomic E-state index is 12.8. The summed E-state index contributed by atoms with van der Waals surface area (Å²) in [5.74, 6) is -0.102. The van der Waals surface area contributed by atoms with Gasteiger partial charge in [0.25, 0.3) is 15.0 Å². The molecule has 5 nitrogen and oxygen atoms in total. The van der Waals surface area contributed by atoms with Crippen LogP contribution in [0.3, 0.4) is 0 Å². The van der Waals surface area contributed by atoms with Gasteiger partial charge in [-0.3, -0.25) is 4.79 Å². The van der Waals surface area contributed by atoms with E-state index in [1.807, 2.05) is 11.8 Å². The molecule has 0 spiro atoms. The molecule has 1 aliphatic heterocycles. The number of hydrogen-bond acceptors (Lipinski definition) is 3. The fourth-order valence-corrected chi connectivity index (χ4v) is 3.66. The molecule has 1 atom stereocenters. The van der Waals surface area contributed by atoms with Crippen LogP contribution < -0.4 is 0 Å². The van der Waals surface area contributed by atoms with E-state index in [0.29, 0.717) is 12.2 Å². The van der Waals surface area contributed by atoms with Gasteiger partial charge < -0.3 is 9.47 Å². The highest BCUT2D eigenvalue weighted by Crippen LogP contribution is 2.24. The first-order chi connectivity index (χ1) is 9.88. The molecule has 118 valence electrons. The van der Waals surface area contributed by atoms with Crippen molar-refractivity contribution >= 4 is 25.6 Å². The Morgan fingerprint density at radius 1 is 1.38 bits per heavy atom. The van der Waals surface area contributed by atoms with Crippen molar-refractivity contribution in [2.75, 3.05) is 6.54 Å². The van der Waals surface area contributed by atoms with Gasteiger partial charge in [0.15, 0.2) is 0 Å². The number of hydrogen-bond donors (Lipinski definition) is 0. The van der Waals surface area contributed by atoms with Crippen LogP contribution in [0.5, 0.6) is 0 Å². The van der Waals surface area contributed by atoms with Crippen molar-refractivity contribution in [2.24, 2.45) is 0 Å². The molecule has 2 rings (SSSR count). The zero-order valence-corrected chi connectivity index (χ0v) is 14.0. The predicted molar refractivity (Wildman–Crippen MR) is 82.1 cm³/mol. The van der Waals surface area contributed by atoms with Crippen LogP contribution in [0.25, 0.3) is 0 Å². The smallest absolute Gasteiger partial charge is 0.270 e. The molecule has 1 unspecified atom stereocenters. The van der Waals surface area contributed by atoms with Crippen molar-refractivity contribution in [2.45, 2.75) is 57.0 Å². The van der Waals surface area contributed by atoms with Crippen molar-refractivity contribution in [3.63, 3.8) is 0 Å². The Morgan fingerprint density at radius 2 is 2.10 bits per heavy atom. The number of aromatic nitrogens is 1. The standard InChI is InChI=1S/C14H21ClN2O3S/c1-3-11-7-5-6-8-17(11)14(18)13-9-12(21(15,19)20)10-16(13)4-2/h9-11H,3-8H2,1-2H3. The Hall–Kier alpha value is -1.01. The minimum Gasteiger partial charge on any atom is -0.342 e. The van der Waals surface area contributed by atoms with E-state index in [9.17, 15) is 13.2 Å². The molecule has 0 radical (unpaired) electrons. The number of carbonyl (C=O) groups excluding carboxylic acids is 1. The van der Waals surface area contributed by atoms with E-state index in [4.69, 9.17) is 10.7 Å². The Morgan fingerprint density at radius 3 is 2.67 bits per heavy atom. The molecule has 1 aromatic heterocycles. The summed E-state index contributed by atoms with van der Waals surface area (Å²) in [4.78, 5) is 14.6. The van der Waals surface area contributed by atoms with Crippen molar-refractivity contribution in [3.8, 4) is 0 Å². The van der Waals surface area contributed by atoms with Crippen LogP contribution in [0.15, 0.2) is 17.2 Å². The molecular formula is C14H21ClN2O3S. The van der Waals surface area contributed by atoms with Crippen LogP contribution in [0.4, 0.5) is 0 Å². The van der Waals surface area contributed by atoms with E-state index in [0.717, 1.165) is 32.2 Å². The predicted octanol–water partition coefficient (Wildman–Crippen LogP) is 2.84. The maximum atomic E-state index is 12.8. The van der Waals surface area contributed by atoms with Gasteiger partial charge in [-0.05, 0) is 38.7 Å². The second-order valence-corrected chi connectivity index (χ2v) is 7.91. The topological polar surface area (TPSA) is 59.4 Å². The number of halogens is 1. The summed E-state index contributed by atoms with van der Waals surface area (Å²) in [5, 5.41) is 0. The first kappa shape index (κ1) is 16.4. The van der Waals surface area contributed by atoms with Crippen LogP contribution in [-0.4, -0.2) is 36.4 Å². The number of piperidine rings is 1. The van der Waals surface area contributed by atoms with Crippen LogP contribution >= 0.6 is 10.7 Å². The number of carbonyl (C=O) groups is 1. The third-order valence-electron chi connectivity index (χ3n) is 4.07. The van der Waals surface area contributed by atoms with Gasteiger partial charge in [0.2, 0.25) is 0 Å². The zero-order chi connectivity index (χ0) is 15.6. The van der Waals surface area contributed by atoms with Gasteiger partial charge in [-0.25, -0.2) is 8.42 Å². The molecule has 1 aromatic rings. The summed E-state index contributed by atoms with van der Waals surface area (Å²) in [5.41, 5.74) is 0.400. The lowest BCUT2D eigenvalue weighted by atomic mass is 9.99. The maximum Gasteiger partial charge on any atom is 0.270 e. The molecule has 21 heavy (non-hydrogen) atoms. The third-order valence-corrected chi connectivity index (χ3v) is 5.39. The second kappa shape index (κ2) is 6.40. The zero-order valence-electron chi connectivity index (χ0n) is 12.4. The summed E-state index contributed by atoms with van der Waals surface area (Å²) in [6.07, 6.45) is 5.49. The summed E-state index contributed by atoms with van der Waals surface area (Å²) in [7, 11) is 1.56. The third kappa shape index (κ3) is 3.43. The molecule has 7 heteroatoms. The first-order valence-corrected chi connectivity index (χ1v) is 9.65. The van der Waals surface area contributed by atoms with E-state index >= 15 is 0 Å². The lowest BCUT2D eigenvalue weighted by Gasteiger charge is -2.35. The largest absolute Gasteiger partial charge is 0.342 e. The van der Waals surface area contributed by atoms with Crippen LogP contribution in [0, 0.1) is 0 Å². The lowest BCUT2D eigenvalue weighted by Crippen LogP contribution is -2.44. The van der Waals surface area contributed by atoms with Crippen molar-refractivity contribution < 1.29 is 13.2 Å². The number of amides is 1. The molecule has 0 aliphatic carbocycles. The Bertz CT molecular complexity index is 624. The lowest BCUT2D eigenvalue weighted by molar-refractivity contribution is 0.0597.